The van der Waals surface area contributed by atoms with Gasteiger partial charge in [-0.1, -0.05) is 50.2 Å². The van der Waals surface area contributed by atoms with Gasteiger partial charge in [0.15, 0.2) is 0 Å². The summed E-state index contributed by atoms with van der Waals surface area (Å²) >= 11 is 4.76. The Balaban J connectivity index is 0.00000110. The summed E-state index contributed by atoms with van der Waals surface area (Å²) in [7, 11) is 0. The van der Waals surface area contributed by atoms with E-state index in [9.17, 15) is 4.79 Å². The molecule has 0 radical (unpaired) electrons. The molecule has 1 aromatic rings. The van der Waals surface area contributed by atoms with Gasteiger partial charge in [0.25, 0.3) is 0 Å². The van der Waals surface area contributed by atoms with Crippen molar-refractivity contribution in [2.24, 2.45) is 0 Å². The molecule has 0 spiro atoms. The van der Waals surface area contributed by atoms with Gasteiger partial charge in [0.1, 0.15) is 0 Å². The van der Waals surface area contributed by atoms with Crippen LogP contribution in [0.3, 0.4) is 0 Å². The van der Waals surface area contributed by atoms with Gasteiger partial charge < -0.3 is 5.32 Å². The third kappa shape index (κ3) is 6.73. The number of benzene rings is 1. The molecule has 0 aliphatic rings. The standard InChI is InChI=1S/C14H22N2O.C2H3Cl/c1-5-16(6-2)10-13(17)15-14-11(3)8-7-9-12(14)4;1-2-3/h7-9H,5-6,10H2,1-4H3,(H,15,17);2H,1H2. The number of nitrogens with one attached hydrogen (secondary N) is 1. The molecule has 0 aliphatic heterocycles. The summed E-state index contributed by atoms with van der Waals surface area (Å²) in [6.45, 7) is 13.5. The van der Waals surface area contributed by atoms with Gasteiger partial charge in [-0.2, -0.15) is 0 Å². The van der Waals surface area contributed by atoms with Crippen LogP contribution < -0.4 is 5.32 Å². The first-order chi connectivity index (χ1) is 9.49. The van der Waals surface area contributed by atoms with Gasteiger partial charge in [-0.05, 0) is 43.6 Å². The highest BCUT2D eigenvalue weighted by molar-refractivity contribution is 6.25. The lowest BCUT2D eigenvalue weighted by atomic mass is 10.1. The lowest BCUT2D eigenvalue weighted by Crippen LogP contribution is -2.33. The Bertz CT molecular complexity index is 408. The monoisotopic (exact) mass is 296 g/mol. The second-order valence-corrected chi connectivity index (χ2v) is 4.74. The highest BCUT2D eigenvalue weighted by Gasteiger charge is 2.09. The van der Waals surface area contributed by atoms with E-state index in [2.05, 4.69) is 30.6 Å². The van der Waals surface area contributed by atoms with Crippen LogP contribution in [-0.2, 0) is 4.79 Å². The number of halogens is 1. The van der Waals surface area contributed by atoms with Crippen LogP contribution in [0.4, 0.5) is 5.69 Å². The van der Waals surface area contributed by atoms with E-state index in [1.54, 1.807) is 0 Å². The second kappa shape index (κ2) is 10.5. The number of amides is 1. The summed E-state index contributed by atoms with van der Waals surface area (Å²) < 4.78 is 0. The van der Waals surface area contributed by atoms with Crippen LogP contribution in [0.1, 0.15) is 25.0 Å². The summed E-state index contributed by atoms with van der Waals surface area (Å²) in [4.78, 5) is 14.0. The molecule has 4 heteroatoms. The van der Waals surface area contributed by atoms with Gasteiger partial charge in [-0.25, -0.2) is 0 Å². The van der Waals surface area contributed by atoms with Crippen molar-refractivity contribution in [3.05, 3.63) is 41.4 Å². The Morgan fingerprint density at radius 2 is 1.75 bits per heavy atom. The Hall–Kier alpha value is -1.32. The predicted molar refractivity (Wildman–Crippen MR) is 88.4 cm³/mol. The van der Waals surface area contributed by atoms with Gasteiger partial charge in [-0.3, -0.25) is 9.69 Å². The number of carbonyl (C=O) groups is 1. The molecular formula is C16H25ClN2O. The van der Waals surface area contributed by atoms with Gasteiger partial charge in [0, 0.05) is 5.69 Å². The maximum absolute atomic E-state index is 11.9. The van der Waals surface area contributed by atoms with Crippen molar-refractivity contribution in [3.63, 3.8) is 0 Å². The van der Waals surface area contributed by atoms with E-state index in [1.807, 2.05) is 32.0 Å². The molecule has 0 bridgehead atoms. The van der Waals surface area contributed by atoms with Crippen LogP contribution in [0.2, 0.25) is 0 Å². The fourth-order valence-electron chi connectivity index (χ4n) is 1.84. The average molecular weight is 297 g/mol. The first-order valence-electron chi connectivity index (χ1n) is 6.79. The first kappa shape index (κ1) is 18.7. The molecule has 1 rings (SSSR count). The lowest BCUT2D eigenvalue weighted by Gasteiger charge is -2.18. The number of aryl methyl sites for hydroxylation is 2. The number of anilines is 1. The average Bonchev–Trinajstić information content (AvgIpc) is 2.41. The number of hydrogen-bond donors (Lipinski definition) is 1. The van der Waals surface area contributed by atoms with Crippen molar-refractivity contribution < 1.29 is 4.79 Å². The highest BCUT2D eigenvalue weighted by atomic mass is 35.5. The van der Waals surface area contributed by atoms with Crippen molar-refractivity contribution in [1.82, 2.24) is 4.90 Å². The molecule has 0 unspecified atom stereocenters. The fourth-order valence-corrected chi connectivity index (χ4v) is 1.84. The summed E-state index contributed by atoms with van der Waals surface area (Å²) in [6, 6.07) is 6.03. The van der Waals surface area contributed by atoms with E-state index in [1.165, 1.54) is 5.54 Å². The lowest BCUT2D eigenvalue weighted by molar-refractivity contribution is -0.117. The van der Waals surface area contributed by atoms with Gasteiger partial charge in [0.2, 0.25) is 5.91 Å². The van der Waals surface area contributed by atoms with Crippen LogP contribution in [0.5, 0.6) is 0 Å². The smallest absolute Gasteiger partial charge is 0.238 e. The second-order valence-electron chi connectivity index (χ2n) is 4.43. The predicted octanol–water partition coefficient (Wildman–Crippen LogP) is 3.95. The molecule has 1 aromatic carbocycles. The minimum absolute atomic E-state index is 0.0612. The molecule has 0 atom stereocenters. The molecule has 20 heavy (non-hydrogen) atoms. The maximum atomic E-state index is 11.9. The summed E-state index contributed by atoms with van der Waals surface area (Å²) in [6.07, 6.45) is 0. The van der Waals surface area contributed by atoms with Crippen LogP contribution in [0, 0.1) is 13.8 Å². The summed E-state index contributed by atoms with van der Waals surface area (Å²) in [5, 5.41) is 3.00. The van der Waals surface area contributed by atoms with E-state index in [0.29, 0.717) is 6.54 Å². The molecule has 1 N–H and O–H groups in total. The molecule has 0 fully saturated rings. The number of para-hydroxylation sites is 1. The van der Waals surface area contributed by atoms with Crippen molar-refractivity contribution >= 4 is 23.2 Å². The Morgan fingerprint density at radius 1 is 1.30 bits per heavy atom. The molecule has 0 heterocycles. The SMILES string of the molecule is C=CCl.CCN(CC)CC(=O)Nc1c(C)cccc1C. The van der Waals surface area contributed by atoms with Crippen LogP contribution in [-0.4, -0.2) is 30.4 Å². The molecule has 1 amide bonds. The Morgan fingerprint density at radius 3 is 2.15 bits per heavy atom. The maximum Gasteiger partial charge on any atom is 0.238 e. The minimum Gasteiger partial charge on any atom is -0.324 e. The third-order valence-corrected chi connectivity index (χ3v) is 3.01. The molecule has 3 nitrogen and oxygen atoms in total. The van der Waals surface area contributed by atoms with E-state index in [-0.39, 0.29) is 5.91 Å². The van der Waals surface area contributed by atoms with Crippen LogP contribution in [0.15, 0.2) is 30.3 Å². The normalized spacial score (nSPS) is 9.70. The van der Waals surface area contributed by atoms with Gasteiger partial charge in [0.05, 0.1) is 6.54 Å². The number of nitrogens with zero attached hydrogens (tertiary/aromatic N) is 1. The molecule has 0 aliphatic carbocycles. The summed E-state index contributed by atoms with van der Waals surface area (Å²) in [5.41, 5.74) is 4.39. The minimum atomic E-state index is 0.0612. The fraction of sp³-hybridized carbons (Fsp3) is 0.438. The highest BCUT2D eigenvalue weighted by Crippen LogP contribution is 2.19. The van der Waals surface area contributed by atoms with E-state index >= 15 is 0 Å². The van der Waals surface area contributed by atoms with Crippen molar-refractivity contribution in [2.75, 3.05) is 25.0 Å². The first-order valence-corrected chi connectivity index (χ1v) is 7.23. The molecule has 0 saturated heterocycles. The molecule has 112 valence electrons. The van der Waals surface area contributed by atoms with E-state index in [0.717, 1.165) is 29.9 Å². The zero-order valence-electron chi connectivity index (χ0n) is 12.9. The zero-order chi connectivity index (χ0) is 15.5. The molecule has 0 aromatic heterocycles. The Labute approximate surface area is 127 Å². The van der Waals surface area contributed by atoms with Crippen molar-refractivity contribution in [3.8, 4) is 0 Å². The third-order valence-electron chi connectivity index (χ3n) is 3.01. The number of hydrogen-bond acceptors (Lipinski definition) is 2. The van der Waals surface area contributed by atoms with Crippen molar-refractivity contribution in [2.45, 2.75) is 27.7 Å². The quantitative estimate of drug-likeness (QED) is 0.892. The Kier molecular flexibility index (Phi) is 9.77. The van der Waals surface area contributed by atoms with Crippen LogP contribution in [0.25, 0.3) is 0 Å². The number of rotatable bonds is 5. The molecule has 0 saturated carbocycles. The van der Waals surface area contributed by atoms with E-state index < -0.39 is 0 Å². The topological polar surface area (TPSA) is 32.3 Å². The van der Waals surface area contributed by atoms with Gasteiger partial charge in [-0.15, -0.1) is 0 Å². The van der Waals surface area contributed by atoms with E-state index in [4.69, 9.17) is 11.6 Å². The van der Waals surface area contributed by atoms with Crippen LogP contribution >= 0.6 is 11.6 Å². The summed E-state index contributed by atoms with van der Waals surface area (Å²) in [5.74, 6) is 0.0612. The zero-order valence-corrected chi connectivity index (χ0v) is 13.6. The van der Waals surface area contributed by atoms with Crippen molar-refractivity contribution in [1.29, 1.82) is 0 Å². The number of likely N-dealkylation sites (N-methyl/N-ethyl adjacent to an activating group) is 1. The van der Waals surface area contributed by atoms with Gasteiger partial charge >= 0.3 is 0 Å². The molecular weight excluding hydrogens is 272 g/mol. The number of carbonyl (C=O) groups excluding carboxylic acids is 1. The largest absolute Gasteiger partial charge is 0.324 e.